The quantitative estimate of drug-likeness (QED) is 0.457. The molecule has 154 valence electrons. The molecular formula is C23H17ClN4O3. The number of esters is 1. The Morgan fingerprint density at radius 3 is 2.23 bits per heavy atom. The number of hydrogen-bond donors (Lipinski definition) is 1. The monoisotopic (exact) mass is 432 g/mol. The van der Waals surface area contributed by atoms with Crippen molar-refractivity contribution in [1.29, 1.82) is 0 Å². The van der Waals surface area contributed by atoms with Gasteiger partial charge in [0.15, 0.2) is 12.4 Å². The number of nitrogens with zero attached hydrogens (tertiary/aromatic N) is 3. The molecule has 8 heteroatoms. The zero-order chi connectivity index (χ0) is 21.6. The number of nitrogens with one attached hydrogen (secondary N) is 1. The van der Waals surface area contributed by atoms with Gasteiger partial charge in [-0.2, -0.15) is 0 Å². The number of aromatic nitrogens is 3. The van der Waals surface area contributed by atoms with E-state index in [1.807, 2.05) is 60.7 Å². The molecule has 1 N–H and O–H groups in total. The molecule has 7 nitrogen and oxygen atoms in total. The first-order valence-electron chi connectivity index (χ1n) is 9.40. The lowest BCUT2D eigenvalue weighted by Crippen LogP contribution is -2.21. The highest BCUT2D eigenvalue weighted by atomic mass is 35.5. The van der Waals surface area contributed by atoms with Crippen LogP contribution in [-0.4, -0.2) is 33.2 Å². The first kappa shape index (κ1) is 20.3. The predicted molar refractivity (Wildman–Crippen MR) is 117 cm³/mol. The van der Waals surface area contributed by atoms with Gasteiger partial charge in [0.05, 0.1) is 5.69 Å². The molecule has 0 saturated carbocycles. The van der Waals surface area contributed by atoms with Crippen molar-refractivity contribution in [3.8, 4) is 17.1 Å². The molecule has 1 aromatic heterocycles. The zero-order valence-electron chi connectivity index (χ0n) is 16.2. The molecule has 0 aliphatic rings. The van der Waals surface area contributed by atoms with Crippen LogP contribution in [0.1, 0.15) is 10.6 Å². The largest absolute Gasteiger partial charge is 0.450 e. The lowest BCUT2D eigenvalue weighted by atomic mass is 10.2. The molecule has 0 bridgehead atoms. The molecule has 4 rings (SSSR count). The Bertz CT molecular complexity index is 1140. The highest BCUT2D eigenvalue weighted by Gasteiger charge is 2.20. The highest BCUT2D eigenvalue weighted by molar-refractivity contribution is 6.30. The van der Waals surface area contributed by atoms with E-state index in [9.17, 15) is 9.59 Å². The fourth-order valence-electron chi connectivity index (χ4n) is 2.85. The van der Waals surface area contributed by atoms with E-state index in [4.69, 9.17) is 16.3 Å². The van der Waals surface area contributed by atoms with E-state index in [0.29, 0.717) is 16.5 Å². The van der Waals surface area contributed by atoms with Gasteiger partial charge in [0, 0.05) is 16.3 Å². The minimum Gasteiger partial charge on any atom is -0.450 e. The van der Waals surface area contributed by atoms with Crippen molar-refractivity contribution < 1.29 is 14.3 Å². The molecule has 1 amide bonds. The second-order valence-corrected chi connectivity index (χ2v) is 6.94. The molecule has 4 aromatic rings. The maximum atomic E-state index is 12.5. The summed E-state index contributed by atoms with van der Waals surface area (Å²) in [6.45, 7) is -0.470. The highest BCUT2D eigenvalue weighted by Crippen LogP contribution is 2.21. The van der Waals surface area contributed by atoms with Gasteiger partial charge in [0.2, 0.25) is 0 Å². The topological polar surface area (TPSA) is 86.1 Å². The molecule has 0 spiro atoms. The Hall–Kier alpha value is -3.97. The third kappa shape index (κ3) is 4.96. The Kier molecular flexibility index (Phi) is 6.05. The van der Waals surface area contributed by atoms with Crippen molar-refractivity contribution in [3.63, 3.8) is 0 Å². The fourth-order valence-corrected chi connectivity index (χ4v) is 2.97. The van der Waals surface area contributed by atoms with Crippen molar-refractivity contribution in [2.45, 2.75) is 0 Å². The van der Waals surface area contributed by atoms with Crippen LogP contribution >= 0.6 is 11.6 Å². The van der Waals surface area contributed by atoms with Gasteiger partial charge in [-0.1, -0.05) is 60.1 Å². The summed E-state index contributed by atoms with van der Waals surface area (Å²) in [6.07, 6.45) is 0. The van der Waals surface area contributed by atoms with E-state index in [2.05, 4.69) is 15.4 Å². The molecule has 1 heterocycles. The van der Waals surface area contributed by atoms with Crippen LogP contribution in [0.2, 0.25) is 5.02 Å². The number of carbonyl (C=O) groups is 2. The van der Waals surface area contributed by atoms with Crippen molar-refractivity contribution in [2.24, 2.45) is 0 Å². The number of benzene rings is 3. The predicted octanol–water partition coefficient (Wildman–Crippen LogP) is 4.38. The lowest BCUT2D eigenvalue weighted by molar-refractivity contribution is -0.119. The first-order valence-corrected chi connectivity index (χ1v) is 9.78. The summed E-state index contributed by atoms with van der Waals surface area (Å²) in [5.41, 5.74) is 2.08. The van der Waals surface area contributed by atoms with Crippen LogP contribution in [0.15, 0.2) is 84.9 Å². The van der Waals surface area contributed by atoms with Crippen molar-refractivity contribution in [3.05, 3.63) is 95.8 Å². The Morgan fingerprint density at radius 2 is 1.55 bits per heavy atom. The normalized spacial score (nSPS) is 10.5. The fraction of sp³-hybridized carbons (Fsp3) is 0.0435. The van der Waals surface area contributed by atoms with E-state index in [-0.39, 0.29) is 5.82 Å². The minimum absolute atomic E-state index is 0.137. The second-order valence-electron chi connectivity index (χ2n) is 6.50. The van der Waals surface area contributed by atoms with Gasteiger partial charge in [0.25, 0.3) is 11.7 Å². The standard InChI is InChI=1S/C23H17ClN4O3/c24-17-11-13-18(14-12-17)25-20(29)15-31-23(30)21-26-22(16-7-3-1-4-8-16)28(27-21)19-9-5-2-6-10-19/h1-14H,15H2,(H,25,29). The van der Waals surface area contributed by atoms with Gasteiger partial charge >= 0.3 is 5.97 Å². The Morgan fingerprint density at radius 1 is 0.903 bits per heavy atom. The Labute approximate surface area is 183 Å². The lowest BCUT2D eigenvalue weighted by Gasteiger charge is -2.05. The van der Waals surface area contributed by atoms with Crippen LogP contribution < -0.4 is 5.32 Å². The van der Waals surface area contributed by atoms with Gasteiger partial charge in [-0.3, -0.25) is 4.79 Å². The molecule has 0 unspecified atom stereocenters. The average molecular weight is 433 g/mol. The zero-order valence-corrected chi connectivity index (χ0v) is 17.0. The van der Waals surface area contributed by atoms with Crippen LogP contribution in [-0.2, 0) is 9.53 Å². The summed E-state index contributed by atoms with van der Waals surface area (Å²) in [4.78, 5) is 29.0. The van der Waals surface area contributed by atoms with Crippen molar-refractivity contribution in [1.82, 2.24) is 14.8 Å². The molecule has 0 atom stereocenters. The maximum absolute atomic E-state index is 12.5. The third-order valence-electron chi connectivity index (χ3n) is 4.28. The number of carbonyl (C=O) groups excluding carboxylic acids is 2. The minimum atomic E-state index is -0.793. The van der Waals surface area contributed by atoms with Crippen LogP contribution in [0.5, 0.6) is 0 Å². The summed E-state index contributed by atoms with van der Waals surface area (Å²) < 4.78 is 6.68. The third-order valence-corrected chi connectivity index (χ3v) is 4.54. The van der Waals surface area contributed by atoms with E-state index >= 15 is 0 Å². The van der Waals surface area contributed by atoms with E-state index < -0.39 is 18.5 Å². The van der Waals surface area contributed by atoms with Crippen LogP contribution in [0.3, 0.4) is 0 Å². The number of amides is 1. The summed E-state index contributed by atoms with van der Waals surface area (Å²) in [7, 11) is 0. The number of hydrogen-bond acceptors (Lipinski definition) is 5. The Balaban J connectivity index is 1.51. The van der Waals surface area contributed by atoms with E-state index in [0.717, 1.165) is 11.3 Å². The van der Waals surface area contributed by atoms with Gasteiger partial charge < -0.3 is 10.1 Å². The number of halogens is 1. The van der Waals surface area contributed by atoms with Crippen LogP contribution in [0, 0.1) is 0 Å². The molecule has 31 heavy (non-hydrogen) atoms. The van der Waals surface area contributed by atoms with E-state index in [1.54, 1.807) is 28.9 Å². The van der Waals surface area contributed by atoms with Gasteiger partial charge in [0.1, 0.15) is 0 Å². The van der Waals surface area contributed by atoms with Gasteiger partial charge in [-0.05, 0) is 36.4 Å². The van der Waals surface area contributed by atoms with E-state index in [1.165, 1.54) is 0 Å². The van der Waals surface area contributed by atoms with Crippen LogP contribution in [0.4, 0.5) is 5.69 Å². The van der Waals surface area contributed by atoms with Crippen molar-refractivity contribution >= 4 is 29.2 Å². The van der Waals surface area contributed by atoms with Gasteiger partial charge in [-0.25, -0.2) is 14.5 Å². The summed E-state index contributed by atoms with van der Waals surface area (Å²) >= 11 is 5.82. The van der Waals surface area contributed by atoms with Gasteiger partial charge in [-0.15, -0.1) is 5.10 Å². The van der Waals surface area contributed by atoms with Crippen molar-refractivity contribution in [2.75, 3.05) is 11.9 Å². The SMILES string of the molecule is O=C(COC(=O)c1nc(-c2ccccc2)n(-c2ccccc2)n1)Nc1ccc(Cl)cc1. The molecule has 0 aliphatic heterocycles. The number of rotatable bonds is 6. The second kappa shape index (κ2) is 9.23. The molecule has 0 radical (unpaired) electrons. The van der Waals surface area contributed by atoms with Crippen LogP contribution in [0.25, 0.3) is 17.1 Å². The first-order chi connectivity index (χ1) is 15.1. The molecule has 3 aromatic carbocycles. The number of anilines is 1. The average Bonchev–Trinajstić information content (AvgIpc) is 3.26. The summed E-state index contributed by atoms with van der Waals surface area (Å²) in [6, 6.07) is 25.3. The molecule has 0 saturated heterocycles. The molecule has 0 fully saturated rings. The summed E-state index contributed by atoms with van der Waals surface area (Å²) in [5.74, 6) is -0.925. The molecular weight excluding hydrogens is 416 g/mol. The number of ether oxygens (including phenoxy) is 1. The number of para-hydroxylation sites is 1. The smallest absolute Gasteiger partial charge is 0.378 e. The maximum Gasteiger partial charge on any atom is 0.378 e. The molecule has 0 aliphatic carbocycles. The summed E-state index contributed by atoms with van der Waals surface area (Å²) in [5, 5.41) is 7.49.